The van der Waals surface area contributed by atoms with Crippen LogP contribution in [0.4, 0.5) is 0 Å². The van der Waals surface area contributed by atoms with Crippen LogP contribution in [0.2, 0.25) is 0 Å². The Balaban J connectivity index is 1.78. The average molecular weight is 422 g/mol. The van der Waals surface area contributed by atoms with Crippen molar-refractivity contribution in [3.63, 3.8) is 0 Å². The second-order valence-electron chi connectivity index (χ2n) is 4.28. The molecule has 0 amide bonds. The molecule has 2 heterocycles. The molecule has 0 aliphatic heterocycles. The third-order valence-electron chi connectivity index (χ3n) is 2.63. The lowest BCUT2D eigenvalue weighted by Gasteiger charge is -2.08. The molecule has 0 radical (unpaired) electrons. The lowest BCUT2D eigenvalue weighted by molar-refractivity contribution is 0.441. The summed E-state index contributed by atoms with van der Waals surface area (Å²) >= 11 is 6.62. The van der Waals surface area contributed by atoms with E-state index in [9.17, 15) is 0 Å². The summed E-state index contributed by atoms with van der Waals surface area (Å²) in [7, 11) is 0. The van der Waals surface area contributed by atoms with Crippen LogP contribution < -0.4 is 9.47 Å². The van der Waals surface area contributed by atoms with Gasteiger partial charge in [0.15, 0.2) is 0 Å². The van der Waals surface area contributed by atoms with Gasteiger partial charge in [0.2, 0.25) is 11.8 Å². The van der Waals surface area contributed by atoms with Crippen LogP contribution in [0.5, 0.6) is 23.3 Å². The van der Waals surface area contributed by atoms with E-state index in [1.165, 1.54) is 0 Å². The molecule has 110 valence electrons. The normalized spacial score (nSPS) is 10.3. The third-order valence-corrected chi connectivity index (χ3v) is 3.51. The Kier molecular flexibility index (Phi) is 4.70. The molecule has 22 heavy (non-hydrogen) atoms. The Labute approximate surface area is 144 Å². The van der Waals surface area contributed by atoms with Crippen LogP contribution in [0.3, 0.4) is 0 Å². The van der Waals surface area contributed by atoms with Crippen molar-refractivity contribution in [1.29, 1.82) is 0 Å². The Morgan fingerprint density at radius 1 is 0.636 bits per heavy atom. The molecule has 4 nitrogen and oxygen atoms in total. The molecule has 0 aliphatic rings. The van der Waals surface area contributed by atoms with Gasteiger partial charge in [-0.2, -0.15) is 0 Å². The SMILES string of the molecule is Brc1cccc(Oc2cccc(Oc3cccc(Br)n3)c2)n1. The molecule has 0 aliphatic carbocycles. The maximum atomic E-state index is 5.71. The molecule has 0 saturated heterocycles. The van der Waals surface area contributed by atoms with E-state index in [4.69, 9.17) is 9.47 Å². The van der Waals surface area contributed by atoms with Crippen molar-refractivity contribution in [3.8, 4) is 23.3 Å². The highest BCUT2D eigenvalue weighted by Gasteiger charge is 2.04. The first-order chi connectivity index (χ1) is 10.7. The standard InChI is InChI=1S/C16H10Br2N2O2/c17-13-6-2-8-15(19-13)21-11-4-1-5-12(10-11)22-16-9-3-7-14(18)20-16/h1-10H. The van der Waals surface area contributed by atoms with E-state index >= 15 is 0 Å². The zero-order valence-corrected chi connectivity index (χ0v) is 14.4. The van der Waals surface area contributed by atoms with Crippen LogP contribution in [-0.2, 0) is 0 Å². The minimum Gasteiger partial charge on any atom is -0.439 e. The van der Waals surface area contributed by atoms with E-state index in [0.717, 1.165) is 9.21 Å². The van der Waals surface area contributed by atoms with E-state index in [2.05, 4.69) is 41.8 Å². The van der Waals surface area contributed by atoms with Gasteiger partial charge in [0.25, 0.3) is 0 Å². The summed E-state index contributed by atoms with van der Waals surface area (Å²) in [6.45, 7) is 0. The van der Waals surface area contributed by atoms with Crippen molar-refractivity contribution in [2.75, 3.05) is 0 Å². The lowest BCUT2D eigenvalue weighted by atomic mass is 10.3. The molecule has 0 N–H and O–H groups in total. The molecule has 0 atom stereocenters. The molecule has 3 rings (SSSR count). The minimum atomic E-state index is 0.507. The van der Waals surface area contributed by atoms with Gasteiger partial charge in [-0.25, -0.2) is 9.97 Å². The predicted molar refractivity (Wildman–Crippen MR) is 90.5 cm³/mol. The number of rotatable bonds is 4. The molecule has 2 aromatic heterocycles. The van der Waals surface area contributed by atoms with Gasteiger partial charge in [0, 0.05) is 18.2 Å². The summed E-state index contributed by atoms with van der Waals surface area (Å²) in [5.41, 5.74) is 0. The smallest absolute Gasteiger partial charge is 0.220 e. The molecule has 0 unspecified atom stereocenters. The van der Waals surface area contributed by atoms with Gasteiger partial charge in [0.05, 0.1) is 0 Å². The van der Waals surface area contributed by atoms with Crippen LogP contribution in [0.15, 0.2) is 69.9 Å². The summed E-state index contributed by atoms with van der Waals surface area (Å²) < 4.78 is 12.9. The quantitative estimate of drug-likeness (QED) is 0.515. The number of aromatic nitrogens is 2. The molecule has 0 saturated carbocycles. The molecule has 1 aromatic carbocycles. The van der Waals surface area contributed by atoms with Crippen molar-refractivity contribution >= 4 is 31.9 Å². The molecule has 0 fully saturated rings. The Bertz CT molecular complexity index is 734. The summed E-state index contributed by atoms with van der Waals surface area (Å²) in [5.74, 6) is 2.29. The highest BCUT2D eigenvalue weighted by Crippen LogP contribution is 2.27. The number of halogens is 2. The Hall–Kier alpha value is -1.92. The van der Waals surface area contributed by atoms with Gasteiger partial charge in [0.1, 0.15) is 20.7 Å². The van der Waals surface area contributed by atoms with E-state index in [1.54, 1.807) is 18.2 Å². The first-order valence-electron chi connectivity index (χ1n) is 6.40. The van der Waals surface area contributed by atoms with E-state index in [0.29, 0.717) is 23.3 Å². The lowest BCUT2D eigenvalue weighted by Crippen LogP contribution is -1.90. The number of hydrogen-bond donors (Lipinski definition) is 0. The second-order valence-corrected chi connectivity index (χ2v) is 5.90. The summed E-state index contributed by atoms with van der Waals surface area (Å²) in [5, 5.41) is 0. The van der Waals surface area contributed by atoms with Gasteiger partial charge < -0.3 is 9.47 Å². The molecular formula is C16H10Br2N2O2. The summed E-state index contributed by atoms with van der Waals surface area (Å²) in [6.07, 6.45) is 0. The first-order valence-corrected chi connectivity index (χ1v) is 7.98. The molecule has 0 spiro atoms. The van der Waals surface area contributed by atoms with E-state index in [1.807, 2.05) is 42.5 Å². The summed E-state index contributed by atoms with van der Waals surface area (Å²) in [4.78, 5) is 8.46. The van der Waals surface area contributed by atoms with Crippen LogP contribution in [0, 0.1) is 0 Å². The van der Waals surface area contributed by atoms with Gasteiger partial charge in [-0.1, -0.05) is 18.2 Å². The zero-order valence-electron chi connectivity index (χ0n) is 11.2. The molecular weight excluding hydrogens is 412 g/mol. The van der Waals surface area contributed by atoms with Crippen LogP contribution >= 0.6 is 31.9 Å². The van der Waals surface area contributed by atoms with E-state index in [-0.39, 0.29) is 0 Å². The zero-order chi connectivity index (χ0) is 15.4. The number of nitrogens with zero attached hydrogens (tertiary/aromatic N) is 2. The van der Waals surface area contributed by atoms with Gasteiger partial charge in [-0.05, 0) is 56.1 Å². The maximum Gasteiger partial charge on any atom is 0.220 e. The number of hydrogen-bond acceptors (Lipinski definition) is 4. The van der Waals surface area contributed by atoms with Crippen molar-refractivity contribution in [2.45, 2.75) is 0 Å². The Morgan fingerprint density at radius 2 is 1.09 bits per heavy atom. The van der Waals surface area contributed by atoms with Crippen molar-refractivity contribution in [2.24, 2.45) is 0 Å². The van der Waals surface area contributed by atoms with Crippen molar-refractivity contribution < 1.29 is 9.47 Å². The fourth-order valence-corrected chi connectivity index (χ4v) is 2.39. The minimum absolute atomic E-state index is 0.507. The predicted octanol–water partition coefficient (Wildman–Crippen LogP) is 5.59. The van der Waals surface area contributed by atoms with Crippen molar-refractivity contribution in [1.82, 2.24) is 9.97 Å². The monoisotopic (exact) mass is 420 g/mol. The largest absolute Gasteiger partial charge is 0.439 e. The third kappa shape index (κ3) is 4.05. The van der Waals surface area contributed by atoms with Crippen molar-refractivity contribution in [3.05, 3.63) is 69.9 Å². The van der Waals surface area contributed by atoms with Crippen LogP contribution in [0.1, 0.15) is 0 Å². The highest BCUT2D eigenvalue weighted by molar-refractivity contribution is 9.10. The average Bonchev–Trinajstić information content (AvgIpc) is 2.47. The molecule has 0 bridgehead atoms. The summed E-state index contributed by atoms with van der Waals surface area (Å²) in [6, 6.07) is 18.3. The highest BCUT2D eigenvalue weighted by atomic mass is 79.9. The number of benzene rings is 1. The first kappa shape index (κ1) is 15.0. The number of ether oxygens (including phenoxy) is 2. The number of pyridine rings is 2. The topological polar surface area (TPSA) is 44.2 Å². The fraction of sp³-hybridized carbons (Fsp3) is 0. The van der Waals surface area contributed by atoms with Gasteiger partial charge in [-0.15, -0.1) is 0 Å². The van der Waals surface area contributed by atoms with Crippen LogP contribution in [-0.4, -0.2) is 9.97 Å². The van der Waals surface area contributed by atoms with Gasteiger partial charge >= 0.3 is 0 Å². The Morgan fingerprint density at radius 3 is 1.55 bits per heavy atom. The molecule has 3 aromatic rings. The second kappa shape index (κ2) is 6.89. The van der Waals surface area contributed by atoms with E-state index < -0.39 is 0 Å². The maximum absolute atomic E-state index is 5.71. The fourth-order valence-electron chi connectivity index (χ4n) is 1.74. The van der Waals surface area contributed by atoms with Crippen LogP contribution in [0.25, 0.3) is 0 Å². The van der Waals surface area contributed by atoms with Gasteiger partial charge in [-0.3, -0.25) is 0 Å². The molecule has 6 heteroatoms.